The third-order valence-electron chi connectivity index (χ3n) is 4.35. The number of amides is 2. The number of aromatic nitrogens is 1. The number of pyridine rings is 1. The smallest absolute Gasteiger partial charge is 0.415 e. The molecule has 0 bridgehead atoms. The van der Waals surface area contributed by atoms with Gasteiger partial charge in [0.2, 0.25) is 5.91 Å². The van der Waals surface area contributed by atoms with Crippen molar-refractivity contribution in [3.05, 3.63) is 23.9 Å². The third-order valence-corrected chi connectivity index (χ3v) is 4.35. The molecule has 22 heavy (non-hydrogen) atoms. The van der Waals surface area contributed by atoms with Crippen molar-refractivity contribution in [3.63, 3.8) is 0 Å². The summed E-state index contributed by atoms with van der Waals surface area (Å²) in [4.78, 5) is 31.3. The lowest BCUT2D eigenvalue weighted by Gasteiger charge is -2.31. The number of piperidine rings is 1. The summed E-state index contributed by atoms with van der Waals surface area (Å²) in [5.41, 5.74) is 0.994. The van der Waals surface area contributed by atoms with Crippen LogP contribution in [0.1, 0.15) is 38.3 Å². The molecule has 2 saturated heterocycles. The Labute approximate surface area is 130 Å². The van der Waals surface area contributed by atoms with Gasteiger partial charge in [-0.2, -0.15) is 0 Å². The van der Waals surface area contributed by atoms with E-state index in [-0.39, 0.29) is 18.1 Å². The van der Waals surface area contributed by atoms with Crippen LogP contribution in [0.25, 0.3) is 0 Å². The Morgan fingerprint density at radius 1 is 1.32 bits per heavy atom. The maximum absolute atomic E-state index is 11.8. The topological polar surface area (TPSA) is 62.7 Å². The molecule has 2 fully saturated rings. The van der Waals surface area contributed by atoms with E-state index in [1.165, 1.54) is 0 Å². The molecule has 1 atom stereocenters. The number of hydrogen-bond acceptors (Lipinski definition) is 4. The Balaban J connectivity index is 1.72. The van der Waals surface area contributed by atoms with Crippen LogP contribution in [0.4, 0.5) is 10.6 Å². The Bertz CT molecular complexity index is 582. The van der Waals surface area contributed by atoms with Crippen LogP contribution < -0.4 is 4.90 Å². The van der Waals surface area contributed by atoms with E-state index < -0.39 is 0 Å². The zero-order valence-electron chi connectivity index (χ0n) is 13.0. The van der Waals surface area contributed by atoms with Crippen molar-refractivity contribution in [2.75, 3.05) is 24.5 Å². The van der Waals surface area contributed by atoms with Gasteiger partial charge in [0, 0.05) is 31.6 Å². The van der Waals surface area contributed by atoms with E-state index in [0.29, 0.717) is 18.3 Å². The molecule has 1 aromatic rings. The fourth-order valence-corrected chi connectivity index (χ4v) is 3.10. The third kappa shape index (κ3) is 2.91. The molecule has 0 aliphatic carbocycles. The first-order valence-corrected chi connectivity index (χ1v) is 7.75. The van der Waals surface area contributed by atoms with Gasteiger partial charge in [-0.3, -0.25) is 9.69 Å². The minimum Gasteiger partial charge on any atom is -0.444 e. The highest BCUT2D eigenvalue weighted by molar-refractivity contribution is 5.88. The molecule has 2 aliphatic rings. The van der Waals surface area contributed by atoms with Crippen molar-refractivity contribution >= 4 is 17.8 Å². The van der Waals surface area contributed by atoms with Gasteiger partial charge in [0.25, 0.3) is 0 Å². The lowest BCUT2D eigenvalue weighted by molar-refractivity contribution is -0.129. The van der Waals surface area contributed by atoms with Gasteiger partial charge < -0.3 is 9.64 Å². The zero-order valence-corrected chi connectivity index (χ0v) is 13.0. The van der Waals surface area contributed by atoms with Crippen LogP contribution in [-0.2, 0) is 9.53 Å². The predicted molar refractivity (Wildman–Crippen MR) is 81.8 cm³/mol. The van der Waals surface area contributed by atoms with Crippen molar-refractivity contribution < 1.29 is 14.3 Å². The van der Waals surface area contributed by atoms with Gasteiger partial charge in [-0.05, 0) is 31.9 Å². The van der Waals surface area contributed by atoms with Gasteiger partial charge in [0.15, 0.2) is 0 Å². The summed E-state index contributed by atoms with van der Waals surface area (Å²) >= 11 is 0. The summed E-state index contributed by atoms with van der Waals surface area (Å²) in [6.45, 7) is 5.57. The molecule has 0 aromatic carbocycles. The van der Waals surface area contributed by atoms with Crippen LogP contribution in [0.2, 0.25) is 0 Å². The monoisotopic (exact) mass is 303 g/mol. The van der Waals surface area contributed by atoms with Gasteiger partial charge in [0.1, 0.15) is 11.9 Å². The molecule has 2 amide bonds. The average molecular weight is 303 g/mol. The summed E-state index contributed by atoms with van der Waals surface area (Å²) in [7, 11) is 0. The van der Waals surface area contributed by atoms with E-state index in [4.69, 9.17) is 4.74 Å². The fourth-order valence-electron chi connectivity index (χ4n) is 3.10. The molecule has 0 N–H and O–H groups in total. The lowest BCUT2D eigenvalue weighted by atomic mass is 9.93. The molecule has 3 heterocycles. The van der Waals surface area contributed by atoms with Crippen molar-refractivity contribution in [3.8, 4) is 0 Å². The highest BCUT2D eigenvalue weighted by atomic mass is 16.6. The molecule has 0 radical (unpaired) electrons. The van der Waals surface area contributed by atoms with Crippen LogP contribution in [0.3, 0.4) is 0 Å². The van der Waals surface area contributed by atoms with Crippen molar-refractivity contribution in [2.45, 2.75) is 38.7 Å². The van der Waals surface area contributed by atoms with Crippen LogP contribution in [0, 0.1) is 0 Å². The quantitative estimate of drug-likeness (QED) is 0.840. The maximum Gasteiger partial charge on any atom is 0.415 e. The molecule has 0 saturated carbocycles. The van der Waals surface area contributed by atoms with Gasteiger partial charge in [-0.15, -0.1) is 0 Å². The van der Waals surface area contributed by atoms with Crippen molar-refractivity contribution in [1.82, 2.24) is 9.88 Å². The Morgan fingerprint density at radius 2 is 2.05 bits per heavy atom. The number of anilines is 1. The van der Waals surface area contributed by atoms with Crippen LogP contribution in [0.5, 0.6) is 0 Å². The summed E-state index contributed by atoms with van der Waals surface area (Å²) in [6.07, 6.45) is 1.40. The second-order valence-electron chi connectivity index (χ2n) is 6.01. The molecule has 6 nitrogen and oxygen atoms in total. The number of rotatable bonds is 2. The number of ether oxygens (including phenoxy) is 1. The van der Waals surface area contributed by atoms with E-state index in [0.717, 1.165) is 31.6 Å². The molecule has 0 spiro atoms. The highest BCUT2D eigenvalue weighted by Gasteiger charge is 2.31. The summed E-state index contributed by atoms with van der Waals surface area (Å²) in [5, 5.41) is 0. The molecular weight excluding hydrogens is 282 g/mol. The largest absolute Gasteiger partial charge is 0.444 e. The summed E-state index contributed by atoms with van der Waals surface area (Å²) in [5.74, 6) is 1.13. The SMILES string of the molecule is CC(=O)N1CCC(c2cccc(N3C[C@H](C)OC3=O)n2)CC1. The first-order valence-electron chi connectivity index (χ1n) is 7.75. The van der Waals surface area contributed by atoms with Gasteiger partial charge in [0.05, 0.1) is 6.54 Å². The second-order valence-corrected chi connectivity index (χ2v) is 6.01. The number of carbonyl (C=O) groups is 2. The van der Waals surface area contributed by atoms with E-state index in [9.17, 15) is 9.59 Å². The summed E-state index contributed by atoms with van der Waals surface area (Å²) < 4.78 is 5.16. The molecule has 1 aromatic heterocycles. The molecule has 6 heteroatoms. The van der Waals surface area contributed by atoms with E-state index >= 15 is 0 Å². The molecule has 118 valence electrons. The van der Waals surface area contributed by atoms with Gasteiger partial charge in [-0.25, -0.2) is 9.78 Å². The van der Waals surface area contributed by atoms with Crippen LogP contribution >= 0.6 is 0 Å². The normalized spacial score (nSPS) is 22.8. The molecular formula is C16H21N3O3. The lowest BCUT2D eigenvalue weighted by Crippen LogP contribution is -2.36. The zero-order chi connectivity index (χ0) is 15.7. The molecule has 3 rings (SSSR count). The van der Waals surface area contributed by atoms with E-state index in [2.05, 4.69) is 4.98 Å². The first-order chi connectivity index (χ1) is 10.5. The number of cyclic esters (lactones) is 1. The summed E-state index contributed by atoms with van der Waals surface area (Å²) in [6, 6.07) is 5.78. The highest BCUT2D eigenvalue weighted by Crippen LogP contribution is 2.29. The predicted octanol–water partition coefficient (Wildman–Crippen LogP) is 2.15. The number of hydrogen-bond donors (Lipinski definition) is 0. The van der Waals surface area contributed by atoms with Gasteiger partial charge >= 0.3 is 6.09 Å². The number of carbonyl (C=O) groups excluding carboxylic acids is 2. The minimum absolute atomic E-state index is 0.100. The van der Waals surface area contributed by atoms with Gasteiger partial charge in [-0.1, -0.05) is 6.07 Å². The van der Waals surface area contributed by atoms with E-state index in [1.807, 2.05) is 30.0 Å². The second kappa shape index (κ2) is 5.94. The Hall–Kier alpha value is -2.11. The number of likely N-dealkylation sites (tertiary alicyclic amines) is 1. The van der Waals surface area contributed by atoms with Crippen LogP contribution in [0.15, 0.2) is 18.2 Å². The molecule has 0 unspecified atom stereocenters. The minimum atomic E-state index is -0.330. The Kier molecular flexibility index (Phi) is 4.00. The van der Waals surface area contributed by atoms with E-state index in [1.54, 1.807) is 11.8 Å². The number of nitrogens with zero attached hydrogens (tertiary/aromatic N) is 3. The van der Waals surface area contributed by atoms with Crippen LogP contribution in [-0.4, -0.2) is 47.6 Å². The van der Waals surface area contributed by atoms with Crippen molar-refractivity contribution in [1.29, 1.82) is 0 Å². The fraction of sp³-hybridized carbons (Fsp3) is 0.562. The Morgan fingerprint density at radius 3 is 2.64 bits per heavy atom. The molecule has 2 aliphatic heterocycles. The maximum atomic E-state index is 11.8. The standard InChI is InChI=1S/C16H21N3O3/c1-11-10-19(16(21)22-11)15-5-3-4-14(17-15)13-6-8-18(9-7-13)12(2)20/h3-5,11,13H,6-10H2,1-2H3/t11-/m0/s1. The first kappa shape index (κ1) is 14.8. The average Bonchev–Trinajstić information content (AvgIpc) is 2.86. The van der Waals surface area contributed by atoms with Crippen molar-refractivity contribution in [2.24, 2.45) is 0 Å².